The van der Waals surface area contributed by atoms with Crippen LogP contribution < -0.4 is 0 Å². The average molecular weight is 324 g/mol. The van der Waals surface area contributed by atoms with Crippen molar-refractivity contribution in [3.8, 4) is 17.3 Å². The summed E-state index contributed by atoms with van der Waals surface area (Å²) in [4.78, 5) is 8.51. The Morgan fingerprint density at radius 1 is 1.14 bits per heavy atom. The van der Waals surface area contributed by atoms with Crippen molar-refractivity contribution in [1.29, 1.82) is 5.26 Å². The number of thiazole rings is 1. The first kappa shape index (κ1) is 14.5. The average Bonchev–Trinajstić information content (AvgIpc) is 3.04. The predicted molar refractivity (Wildman–Crippen MR) is 90.3 cm³/mol. The molecular formula is C17H10ClN3S. The van der Waals surface area contributed by atoms with Gasteiger partial charge in [0, 0.05) is 28.4 Å². The van der Waals surface area contributed by atoms with Gasteiger partial charge in [-0.25, -0.2) is 4.98 Å². The molecule has 0 atom stereocenters. The molecule has 22 heavy (non-hydrogen) atoms. The smallest absolute Gasteiger partial charge is 0.134 e. The first-order valence-electron chi connectivity index (χ1n) is 6.50. The predicted octanol–water partition coefficient (Wildman–Crippen LogP) is 4.92. The maximum atomic E-state index is 9.37. The highest BCUT2D eigenvalue weighted by atomic mass is 35.5. The van der Waals surface area contributed by atoms with E-state index in [1.54, 1.807) is 12.4 Å². The maximum absolute atomic E-state index is 9.37. The molecule has 2 aromatic heterocycles. The molecule has 0 aliphatic carbocycles. The minimum Gasteiger partial charge on any atom is -0.265 e. The van der Waals surface area contributed by atoms with E-state index in [-0.39, 0.29) is 0 Å². The molecule has 0 aliphatic rings. The van der Waals surface area contributed by atoms with Crippen LogP contribution in [0, 0.1) is 11.3 Å². The van der Waals surface area contributed by atoms with Gasteiger partial charge in [-0.2, -0.15) is 5.26 Å². The van der Waals surface area contributed by atoms with Gasteiger partial charge < -0.3 is 0 Å². The van der Waals surface area contributed by atoms with E-state index in [4.69, 9.17) is 11.6 Å². The Morgan fingerprint density at radius 2 is 1.86 bits per heavy atom. The molecule has 0 saturated heterocycles. The second kappa shape index (κ2) is 6.52. The largest absolute Gasteiger partial charge is 0.265 e. The fourth-order valence-corrected chi connectivity index (χ4v) is 2.84. The third kappa shape index (κ3) is 3.22. The van der Waals surface area contributed by atoms with E-state index in [0.29, 0.717) is 15.6 Å². The molecule has 0 amide bonds. The van der Waals surface area contributed by atoms with Crippen LogP contribution in [-0.2, 0) is 0 Å². The van der Waals surface area contributed by atoms with Crippen LogP contribution in [0.25, 0.3) is 22.9 Å². The molecular weight excluding hydrogens is 314 g/mol. The molecule has 0 aliphatic heterocycles. The Morgan fingerprint density at radius 3 is 2.55 bits per heavy atom. The van der Waals surface area contributed by atoms with Crippen molar-refractivity contribution in [2.24, 2.45) is 0 Å². The van der Waals surface area contributed by atoms with Gasteiger partial charge >= 0.3 is 0 Å². The molecule has 0 radical (unpaired) electrons. The number of nitriles is 1. The number of hydrogen-bond acceptors (Lipinski definition) is 4. The molecule has 106 valence electrons. The lowest BCUT2D eigenvalue weighted by Crippen LogP contribution is -1.83. The lowest BCUT2D eigenvalue weighted by molar-refractivity contribution is 1.32. The van der Waals surface area contributed by atoms with Crippen molar-refractivity contribution in [1.82, 2.24) is 9.97 Å². The number of halogens is 1. The van der Waals surface area contributed by atoms with Crippen LogP contribution in [0.15, 0.2) is 54.2 Å². The minimum atomic E-state index is 0.538. The molecule has 1 aromatic carbocycles. The summed E-state index contributed by atoms with van der Waals surface area (Å²) in [7, 11) is 0. The summed E-state index contributed by atoms with van der Waals surface area (Å²) in [5, 5.41) is 12.7. The van der Waals surface area contributed by atoms with E-state index in [0.717, 1.165) is 16.8 Å². The number of rotatable bonds is 3. The van der Waals surface area contributed by atoms with E-state index in [1.807, 2.05) is 47.9 Å². The molecule has 2 heterocycles. The van der Waals surface area contributed by atoms with Crippen LogP contribution in [0.1, 0.15) is 10.6 Å². The maximum Gasteiger partial charge on any atom is 0.134 e. The number of pyridine rings is 1. The molecule has 0 fully saturated rings. The van der Waals surface area contributed by atoms with Gasteiger partial charge in [0.2, 0.25) is 0 Å². The quantitative estimate of drug-likeness (QED) is 0.642. The molecule has 3 rings (SSSR count). The number of hydrogen-bond donors (Lipinski definition) is 0. The standard InChI is InChI=1S/C17H10ClN3S/c18-15-3-1-13(2-4-15)16-11-22-17(21-16)14(10-19)9-12-5-7-20-8-6-12/h1-9,11H/b14-9+. The number of allylic oxidation sites excluding steroid dienone is 1. The van der Waals surface area contributed by atoms with Gasteiger partial charge in [-0.1, -0.05) is 23.7 Å². The van der Waals surface area contributed by atoms with Crippen molar-refractivity contribution >= 4 is 34.6 Å². The molecule has 5 heteroatoms. The monoisotopic (exact) mass is 323 g/mol. The normalized spacial score (nSPS) is 11.2. The molecule has 3 nitrogen and oxygen atoms in total. The zero-order valence-corrected chi connectivity index (χ0v) is 13.0. The van der Waals surface area contributed by atoms with Gasteiger partial charge in [0.25, 0.3) is 0 Å². The van der Waals surface area contributed by atoms with Crippen LogP contribution in [0.4, 0.5) is 0 Å². The Labute approximate surface area is 137 Å². The zero-order chi connectivity index (χ0) is 15.4. The summed E-state index contributed by atoms with van der Waals surface area (Å²) in [6.07, 6.45) is 5.20. The fourth-order valence-electron chi connectivity index (χ4n) is 1.92. The van der Waals surface area contributed by atoms with Crippen molar-refractivity contribution < 1.29 is 0 Å². The molecule has 0 unspecified atom stereocenters. The van der Waals surface area contributed by atoms with Crippen LogP contribution >= 0.6 is 22.9 Å². The third-order valence-corrected chi connectivity index (χ3v) is 4.14. The van der Waals surface area contributed by atoms with E-state index in [1.165, 1.54) is 11.3 Å². The van der Waals surface area contributed by atoms with E-state index < -0.39 is 0 Å². The van der Waals surface area contributed by atoms with Gasteiger partial charge in [-0.15, -0.1) is 11.3 Å². The second-order valence-electron chi connectivity index (χ2n) is 4.50. The zero-order valence-electron chi connectivity index (χ0n) is 11.4. The summed E-state index contributed by atoms with van der Waals surface area (Å²) < 4.78 is 0. The van der Waals surface area contributed by atoms with E-state index in [2.05, 4.69) is 16.0 Å². The lowest BCUT2D eigenvalue weighted by atomic mass is 10.1. The summed E-state index contributed by atoms with van der Waals surface area (Å²) in [5.74, 6) is 0. The number of nitrogens with zero attached hydrogens (tertiary/aromatic N) is 3. The van der Waals surface area contributed by atoms with Gasteiger partial charge in [-0.05, 0) is 35.9 Å². The van der Waals surface area contributed by atoms with Crippen LogP contribution in [-0.4, -0.2) is 9.97 Å². The highest BCUT2D eigenvalue weighted by Crippen LogP contribution is 2.27. The minimum absolute atomic E-state index is 0.538. The molecule has 0 N–H and O–H groups in total. The van der Waals surface area contributed by atoms with Gasteiger partial charge in [0.15, 0.2) is 0 Å². The topological polar surface area (TPSA) is 49.6 Å². The Bertz CT molecular complexity index is 846. The number of aromatic nitrogens is 2. The van der Waals surface area contributed by atoms with Crippen molar-refractivity contribution in [3.05, 3.63) is 69.8 Å². The fraction of sp³-hybridized carbons (Fsp3) is 0. The summed E-state index contributed by atoms with van der Waals surface area (Å²) in [6.45, 7) is 0. The molecule has 3 aromatic rings. The van der Waals surface area contributed by atoms with Crippen LogP contribution in [0.5, 0.6) is 0 Å². The van der Waals surface area contributed by atoms with Crippen LogP contribution in [0.2, 0.25) is 5.02 Å². The highest BCUT2D eigenvalue weighted by Gasteiger charge is 2.09. The van der Waals surface area contributed by atoms with Gasteiger partial charge in [0.1, 0.15) is 11.1 Å². The van der Waals surface area contributed by atoms with E-state index in [9.17, 15) is 5.26 Å². The molecule has 0 saturated carbocycles. The first-order valence-corrected chi connectivity index (χ1v) is 7.76. The molecule has 0 spiro atoms. The van der Waals surface area contributed by atoms with Crippen molar-refractivity contribution in [2.45, 2.75) is 0 Å². The summed E-state index contributed by atoms with van der Waals surface area (Å²) in [6, 6.07) is 13.4. The summed E-state index contributed by atoms with van der Waals surface area (Å²) in [5.41, 5.74) is 3.28. The number of benzene rings is 1. The van der Waals surface area contributed by atoms with Gasteiger partial charge in [0.05, 0.1) is 11.3 Å². The summed E-state index contributed by atoms with van der Waals surface area (Å²) >= 11 is 7.34. The SMILES string of the molecule is N#C/C(=C\c1ccncc1)c1nc(-c2ccc(Cl)cc2)cs1. The highest BCUT2D eigenvalue weighted by molar-refractivity contribution is 7.11. The molecule has 0 bridgehead atoms. The van der Waals surface area contributed by atoms with Crippen molar-refractivity contribution in [3.63, 3.8) is 0 Å². The first-order chi connectivity index (χ1) is 10.8. The third-order valence-electron chi connectivity index (χ3n) is 3.01. The lowest BCUT2D eigenvalue weighted by Gasteiger charge is -1.97. The Kier molecular flexibility index (Phi) is 4.29. The van der Waals surface area contributed by atoms with Crippen LogP contribution in [0.3, 0.4) is 0 Å². The van der Waals surface area contributed by atoms with Gasteiger partial charge in [-0.3, -0.25) is 4.98 Å². The second-order valence-corrected chi connectivity index (χ2v) is 5.79. The van der Waals surface area contributed by atoms with E-state index >= 15 is 0 Å². The van der Waals surface area contributed by atoms with Crippen molar-refractivity contribution in [2.75, 3.05) is 0 Å². The Balaban J connectivity index is 1.94. The Hall–Kier alpha value is -2.48.